The fourth-order valence-corrected chi connectivity index (χ4v) is 3.05. The van der Waals surface area contributed by atoms with Gasteiger partial charge < -0.3 is 15.2 Å². The van der Waals surface area contributed by atoms with Crippen LogP contribution in [0.2, 0.25) is 0 Å². The average Bonchev–Trinajstić information content (AvgIpc) is 2.70. The zero-order valence-corrected chi connectivity index (χ0v) is 12.3. The summed E-state index contributed by atoms with van der Waals surface area (Å²) in [5.74, 6) is 0.672. The molecule has 2 aromatic carbocycles. The molecule has 0 bridgehead atoms. The predicted molar refractivity (Wildman–Crippen MR) is 85.0 cm³/mol. The van der Waals surface area contributed by atoms with Gasteiger partial charge in [-0.15, -0.1) is 0 Å². The maximum absolute atomic E-state index is 9.91. The number of aromatic hydroxyl groups is 1. The van der Waals surface area contributed by atoms with E-state index in [-0.39, 0.29) is 5.75 Å². The van der Waals surface area contributed by atoms with Crippen LogP contribution in [0, 0.1) is 0 Å². The number of phenolic OH excluding ortho intramolecular Hbond substituents is 1. The van der Waals surface area contributed by atoms with Gasteiger partial charge in [0.15, 0.2) is 11.5 Å². The molecule has 1 unspecified atom stereocenters. The first-order valence-electron chi connectivity index (χ1n) is 7.49. The Bertz CT molecular complexity index is 624. The third-order valence-electron chi connectivity index (χ3n) is 4.14. The first-order chi connectivity index (χ1) is 10.3. The van der Waals surface area contributed by atoms with Gasteiger partial charge >= 0.3 is 0 Å². The second-order valence-electron chi connectivity index (χ2n) is 5.53. The molecule has 1 aliphatic rings. The summed E-state index contributed by atoms with van der Waals surface area (Å²) in [6.45, 7) is 0. The molecule has 110 valence electrons. The van der Waals surface area contributed by atoms with Crippen molar-refractivity contribution in [3.63, 3.8) is 0 Å². The lowest BCUT2D eigenvalue weighted by molar-refractivity contribution is 0.373. The van der Waals surface area contributed by atoms with Crippen molar-refractivity contribution in [2.75, 3.05) is 12.4 Å². The largest absolute Gasteiger partial charge is 0.504 e. The zero-order chi connectivity index (χ0) is 14.7. The van der Waals surface area contributed by atoms with E-state index < -0.39 is 0 Å². The molecule has 0 spiro atoms. The van der Waals surface area contributed by atoms with Crippen molar-refractivity contribution < 1.29 is 9.84 Å². The molecule has 0 aliphatic heterocycles. The number of ether oxygens (including phenoxy) is 1. The maximum atomic E-state index is 9.91. The summed E-state index contributed by atoms with van der Waals surface area (Å²) in [6, 6.07) is 14.4. The number of benzene rings is 2. The van der Waals surface area contributed by atoms with Gasteiger partial charge in [-0.2, -0.15) is 0 Å². The second-order valence-corrected chi connectivity index (χ2v) is 5.53. The molecule has 0 amide bonds. The van der Waals surface area contributed by atoms with Gasteiger partial charge in [-0.1, -0.05) is 30.7 Å². The summed E-state index contributed by atoms with van der Waals surface area (Å²) in [6.07, 6.45) is 4.73. The summed E-state index contributed by atoms with van der Waals surface area (Å²) in [5, 5.41) is 13.5. The SMILES string of the molecule is COc1ccc(NC2CCCCc3ccccc32)cc1O. The Morgan fingerprint density at radius 1 is 1.14 bits per heavy atom. The normalized spacial score (nSPS) is 17.7. The lowest BCUT2D eigenvalue weighted by atomic mass is 9.99. The van der Waals surface area contributed by atoms with E-state index in [2.05, 4.69) is 29.6 Å². The van der Waals surface area contributed by atoms with Crippen LogP contribution in [-0.2, 0) is 6.42 Å². The van der Waals surface area contributed by atoms with Gasteiger partial charge in [-0.25, -0.2) is 0 Å². The highest BCUT2D eigenvalue weighted by molar-refractivity contribution is 5.55. The highest BCUT2D eigenvalue weighted by atomic mass is 16.5. The van der Waals surface area contributed by atoms with E-state index in [9.17, 15) is 5.11 Å². The van der Waals surface area contributed by atoms with Crippen LogP contribution in [0.1, 0.15) is 36.4 Å². The van der Waals surface area contributed by atoms with Crippen LogP contribution in [0.3, 0.4) is 0 Å². The quantitative estimate of drug-likeness (QED) is 0.826. The number of methoxy groups -OCH3 is 1. The molecule has 0 fully saturated rings. The molecular weight excluding hydrogens is 262 g/mol. The summed E-state index contributed by atoms with van der Waals surface area (Å²) < 4.78 is 5.09. The number of aryl methyl sites for hydroxylation is 1. The zero-order valence-electron chi connectivity index (χ0n) is 12.3. The molecule has 3 heteroatoms. The molecule has 3 nitrogen and oxygen atoms in total. The number of anilines is 1. The fraction of sp³-hybridized carbons (Fsp3) is 0.333. The van der Waals surface area contributed by atoms with E-state index in [1.165, 1.54) is 24.0 Å². The van der Waals surface area contributed by atoms with E-state index in [4.69, 9.17) is 4.74 Å². The van der Waals surface area contributed by atoms with E-state index in [0.717, 1.165) is 18.5 Å². The van der Waals surface area contributed by atoms with Crippen molar-refractivity contribution >= 4 is 5.69 Å². The molecule has 3 rings (SSSR count). The van der Waals surface area contributed by atoms with Crippen molar-refractivity contribution in [3.8, 4) is 11.5 Å². The van der Waals surface area contributed by atoms with Gasteiger partial charge in [0.25, 0.3) is 0 Å². The monoisotopic (exact) mass is 283 g/mol. The third-order valence-corrected chi connectivity index (χ3v) is 4.14. The van der Waals surface area contributed by atoms with Gasteiger partial charge in [-0.05, 0) is 42.5 Å². The molecule has 2 N–H and O–H groups in total. The molecule has 0 heterocycles. The Balaban J connectivity index is 1.86. The smallest absolute Gasteiger partial charge is 0.160 e. The van der Waals surface area contributed by atoms with Crippen LogP contribution in [0.15, 0.2) is 42.5 Å². The second kappa shape index (κ2) is 6.08. The molecule has 0 radical (unpaired) electrons. The number of phenols is 1. The van der Waals surface area contributed by atoms with Crippen molar-refractivity contribution in [2.45, 2.75) is 31.7 Å². The molecule has 0 saturated heterocycles. The number of rotatable bonds is 3. The Kier molecular flexibility index (Phi) is 4.00. The van der Waals surface area contributed by atoms with Crippen LogP contribution in [-0.4, -0.2) is 12.2 Å². The summed E-state index contributed by atoms with van der Waals surface area (Å²) >= 11 is 0. The lowest BCUT2D eigenvalue weighted by Crippen LogP contribution is -2.11. The first kappa shape index (κ1) is 13.8. The van der Waals surface area contributed by atoms with Crippen LogP contribution >= 0.6 is 0 Å². The van der Waals surface area contributed by atoms with Crippen LogP contribution in [0.5, 0.6) is 11.5 Å². The lowest BCUT2D eigenvalue weighted by Gasteiger charge is -2.21. The van der Waals surface area contributed by atoms with Crippen molar-refractivity contribution in [1.29, 1.82) is 0 Å². The Labute approximate surface area is 125 Å². The molecule has 0 aromatic heterocycles. The Morgan fingerprint density at radius 3 is 2.81 bits per heavy atom. The van der Waals surface area contributed by atoms with E-state index in [1.54, 1.807) is 19.2 Å². The minimum Gasteiger partial charge on any atom is -0.504 e. The van der Waals surface area contributed by atoms with Crippen LogP contribution in [0.25, 0.3) is 0 Å². The van der Waals surface area contributed by atoms with Crippen molar-refractivity contribution in [1.82, 2.24) is 0 Å². The van der Waals surface area contributed by atoms with E-state index in [0.29, 0.717) is 11.8 Å². The standard InChI is InChI=1S/C18H21NO2/c1-21-18-11-10-14(12-17(18)20)19-16-9-5-3-7-13-6-2-4-8-15(13)16/h2,4,6,8,10-12,16,19-20H,3,5,7,9H2,1H3. The highest BCUT2D eigenvalue weighted by Crippen LogP contribution is 2.34. The highest BCUT2D eigenvalue weighted by Gasteiger charge is 2.18. The van der Waals surface area contributed by atoms with Crippen molar-refractivity contribution in [2.24, 2.45) is 0 Å². The van der Waals surface area contributed by atoms with Gasteiger partial charge in [-0.3, -0.25) is 0 Å². The van der Waals surface area contributed by atoms with Crippen molar-refractivity contribution in [3.05, 3.63) is 53.6 Å². The van der Waals surface area contributed by atoms with E-state index >= 15 is 0 Å². The summed E-state index contributed by atoms with van der Waals surface area (Å²) in [4.78, 5) is 0. The molecular formula is C18H21NO2. The summed E-state index contributed by atoms with van der Waals surface area (Å²) in [7, 11) is 1.56. The Hall–Kier alpha value is -2.16. The number of nitrogens with one attached hydrogen (secondary N) is 1. The average molecular weight is 283 g/mol. The minimum absolute atomic E-state index is 0.171. The first-order valence-corrected chi connectivity index (χ1v) is 7.49. The number of fused-ring (bicyclic) bond motifs is 1. The van der Waals surface area contributed by atoms with Gasteiger partial charge in [0.05, 0.1) is 13.2 Å². The molecule has 2 aromatic rings. The van der Waals surface area contributed by atoms with Gasteiger partial charge in [0, 0.05) is 11.8 Å². The van der Waals surface area contributed by atoms with E-state index in [1.807, 2.05) is 6.07 Å². The van der Waals surface area contributed by atoms with Crippen LogP contribution in [0.4, 0.5) is 5.69 Å². The fourth-order valence-electron chi connectivity index (χ4n) is 3.05. The minimum atomic E-state index is 0.171. The molecule has 21 heavy (non-hydrogen) atoms. The Morgan fingerprint density at radius 2 is 2.00 bits per heavy atom. The third kappa shape index (κ3) is 2.97. The topological polar surface area (TPSA) is 41.5 Å². The predicted octanol–water partition coefficient (Wildman–Crippen LogP) is 4.28. The van der Waals surface area contributed by atoms with Gasteiger partial charge in [0.1, 0.15) is 0 Å². The molecule has 1 atom stereocenters. The number of hydrogen-bond donors (Lipinski definition) is 2. The van der Waals surface area contributed by atoms with Crippen LogP contribution < -0.4 is 10.1 Å². The maximum Gasteiger partial charge on any atom is 0.160 e. The molecule has 0 saturated carbocycles. The number of hydrogen-bond acceptors (Lipinski definition) is 3. The summed E-state index contributed by atoms with van der Waals surface area (Å²) in [5.41, 5.74) is 3.74. The van der Waals surface area contributed by atoms with Gasteiger partial charge in [0.2, 0.25) is 0 Å². The molecule has 1 aliphatic carbocycles.